The van der Waals surface area contributed by atoms with Crippen LogP contribution in [0, 0.1) is 4.77 Å². The Morgan fingerprint density at radius 1 is 1.12 bits per heavy atom. The molecule has 1 heterocycles. The van der Waals surface area contributed by atoms with Gasteiger partial charge in [-0.05, 0) is 35.5 Å². The van der Waals surface area contributed by atoms with Gasteiger partial charge in [0.2, 0.25) is 0 Å². The van der Waals surface area contributed by atoms with Crippen molar-refractivity contribution in [1.29, 1.82) is 0 Å². The number of nitrogens with zero attached hydrogens (tertiary/aromatic N) is 2. The van der Waals surface area contributed by atoms with Gasteiger partial charge in [0.15, 0.2) is 4.77 Å². The number of carbonyl (C=O) groups is 1. The number of amides is 1. The van der Waals surface area contributed by atoms with Crippen molar-refractivity contribution in [3.05, 3.63) is 70.8 Å². The molecule has 0 fully saturated rings. The van der Waals surface area contributed by atoms with Crippen LogP contribution in [0.3, 0.4) is 0 Å². The predicted molar refractivity (Wildman–Crippen MR) is 96.3 cm³/mol. The van der Waals surface area contributed by atoms with Crippen molar-refractivity contribution in [1.82, 2.24) is 20.1 Å². The van der Waals surface area contributed by atoms with Gasteiger partial charge in [-0.3, -0.25) is 9.89 Å². The number of hydrogen-bond acceptors (Lipinski definition) is 3. The van der Waals surface area contributed by atoms with Gasteiger partial charge in [0.1, 0.15) is 5.82 Å². The van der Waals surface area contributed by atoms with Crippen molar-refractivity contribution >= 4 is 18.1 Å². The lowest BCUT2D eigenvalue weighted by Crippen LogP contribution is -2.26. The molecule has 0 aliphatic heterocycles. The summed E-state index contributed by atoms with van der Waals surface area (Å²) >= 11 is 5.06. The smallest absolute Gasteiger partial charge is 0.251 e. The fourth-order valence-corrected chi connectivity index (χ4v) is 2.59. The van der Waals surface area contributed by atoms with E-state index >= 15 is 0 Å². The quantitative estimate of drug-likeness (QED) is 0.703. The van der Waals surface area contributed by atoms with Crippen molar-refractivity contribution in [3.63, 3.8) is 0 Å². The Bertz CT molecular complexity index is 881. The van der Waals surface area contributed by atoms with Crippen LogP contribution in [-0.4, -0.2) is 27.2 Å². The van der Waals surface area contributed by atoms with Gasteiger partial charge >= 0.3 is 0 Å². The Morgan fingerprint density at radius 2 is 1.79 bits per heavy atom. The molecule has 0 aliphatic carbocycles. The summed E-state index contributed by atoms with van der Waals surface area (Å²) in [5.74, 6) is 0.728. The average Bonchev–Trinajstić information content (AvgIpc) is 2.95. The number of aromatic amines is 1. The summed E-state index contributed by atoms with van der Waals surface area (Å²) in [4.78, 5) is 12.2. The van der Waals surface area contributed by atoms with E-state index in [0.29, 0.717) is 23.3 Å². The molecular weight excluding hydrogens is 320 g/mol. The zero-order chi connectivity index (χ0) is 16.9. The highest BCUT2D eigenvalue weighted by atomic mass is 32.1. The molecule has 0 atom stereocenters. The molecule has 2 aromatic carbocycles. The van der Waals surface area contributed by atoms with Crippen LogP contribution < -0.4 is 5.32 Å². The van der Waals surface area contributed by atoms with Crippen LogP contribution >= 0.6 is 12.2 Å². The first-order valence-corrected chi connectivity index (χ1v) is 8.10. The molecule has 0 radical (unpaired) electrons. The Hall–Kier alpha value is -2.73. The van der Waals surface area contributed by atoms with Crippen molar-refractivity contribution in [2.45, 2.75) is 6.42 Å². The van der Waals surface area contributed by atoms with Crippen LogP contribution in [0.1, 0.15) is 16.2 Å². The van der Waals surface area contributed by atoms with Gasteiger partial charge < -0.3 is 9.88 Å². The summed E-state index contributed by atoms with van der Waals surface area (Å²) in [6, 6.07) is 17.7. The van der Waals surface area contributed by atoms with Crippen LogP contribution in [-0.2, 0) is 13.5 Å². The van der Waals surface area contributed by atoms with Gasteiger partial charge in [0, 0.05) is 25.6 Å². The third-order valence-electron chi connectivity index (χ3n) is 3.86. The second-order valence-electron chi connectivity index (χ2n) is 5.45. The van der Waals surface area contributed by atoms with Gasteiger partial charge in [-0.15, -0.1) is 0 Å². The summed E-state index contributed by atoms with van der Waals surface area (Å²) in [5.41, 5.74) is 2.87. The molecule has 5 nitrogen and oxygen atoms in total. The Labute approximate surface area is 145 Å². The number of carbonyl (C=O) groups excluding carboxylic acids is 1. The van der Waals surface area contributed by atoms with E-state index in [-0.39, 0.29) is 5.91 Å². The molecule has 3 rings (SSSR count). The maximum absolute atomic E-state index is 12.2. The van der Waals surface area contributed by atoms with E-state index < -0.39 is 0 Å². The van der Waals surface area contributed by atoms with E-state index in [9.17, 15) is 4.79 Å². The molecule has 3 aromatic rings. The Morgan fingerprint density at radius 3 is 2.42 bits per heavy atom. The summed E-state index contributed by atoms with van der Waals surface area (Å²) in [6.45, 7) is 0.507. The summed E-state index contributed by atoms with van der Waals surface area (Å²) in [6.07, 6.45) is 0.622. The highest BCUT2D eigenvalue weighted by Gasteiger charge is 2.07. The molecule has 0 spiro atoms. The highest BCUT2D eigenvalue weighted by Crippen LogP contribution is 2.19. The van der Waals surface area contributed by atoms with Gasteiger partial charge in [0.25, 0.3) is 5.91 Å². The first-order valence-electron chi connectivity index (χ1n) is 7.69. The zero-order valence-electron chi connectivity index (χ0n) is 13.3. The molecule has 1 amide bonds. The van der Waals surface area contributed by atoms with Crippen molar-refractivity contribution in [2.75, 3.05) is 6.54 Å². The maximum atomic E-state index is 12.2. The molecule has 0 bridgehead atoms. The first kappa shape index (κ1) is 16.1. The second kappa shape index (κ2) is 7.23. The van der Waals surface area contributed by atoms with Crippen LogP contribution in [0.2, 0.25) is 0 Å². The van der Waals surface area contributed by atoms with Crippen molar-refractivity contribution in [3.8, 4) is 11.1 Å². The minimum Gasteiger partial charge on any atom is -0.352 e. The topological polar surface area (TPSA) is 62.7 Å². The minimum atomic E-state index is -0.0913. The second-order valence-corrected chi connectivity index (χ2v) is 5.84. The molecule has 24 heavy (non-hydrogen) atoms. The molecule has 0 unspecified atom stereocenters. The molecule has 0 aliphatic rings. The monoisotopic (exact) mass is 338 g/mol. The Kier molecular flexibility index (Phi) is 4.86. The van der Waals surface area contributed by atoms with Crippen LogP contribution in [0.15, 0.2) is 54.6 Å². The SMILES string of the molecule is Cn1c(CCNC(=O)c2ccc(-c3ccccc3)cc2)n[nH]c1=S. The molecule has 6 heteroatoms. The van der Waals surface area contributed by atoms with E-state index in [2.05, 4.69) is 15.5 Å². The van der Waals surface area contributed by atoms with E-state index in [1.165, 1.54) is 0 Å². The zero-order valence-corrected chi connectivity index (χ0v) is 14.1. The fraction of sp³-hybridized carbons (Fsp3) is 0.167. The lowest BCUT2D eigenvalue weighted by atomic mass is 10.0. The van der Waals surface area contributed by atoms with E-state index in [0.717, 1.165) is 17.0 Å². The number of benzene rings is 2. The third kappa shape index (κ3) is 3.60. The van der Waals surface area contributed by atoms with E-state index in [1.807, 2.05) is 61.6 Å². The van der Waals surface area contributed by atoms with Crippen LogP contribution in [0.4, 0.5) is 0 Å². The molecule has 122 valence electrons. The van der Waals surface area contributed by atoms with Crippen LogP contribution in [0.5, 0.6) is 0 Å². The van der Waals surface area contributed by atoms with E-state index in [1.54, 1.807) is 4.57 Å². The first-order chi connectivity index (χ1) is 11.6. The lowest BCUT2D eigenvalue weighted by molar-refractivity contribution is 0.0954. The normalized spacial score (nSPS) is 10.5. The molecule has 0 saturated heterocycles. The standard InChI is InChI=1S/C18H18N4OS/c1-22-16(20-21-18(22)24)11-12-19-17(23)15-9-7-14(8-10-15)13-5-3-2-4-6-13/h2-10H,11-12H2,1H3,(H,19,23)(H,21,24). The fourth-order valence-electron chi connectivity index (χ4n) is 2.44. The van der Waals surface area contributed by atoms with Gasteiger partial charge in [-0.2, -0.15) is 5.10 Å². The number of aromatic nitrogens is 3. The summed E-state index contributed by atoms with van der Waals surface area (Å²) in [7, 11) is 1.85. The minimum absolute atomic E-state index is 0.0913. The number of hydrogen-bond donors (Lipinski definition) is 2. The Balaban J connectivity index is 1.59. The van der Waals surface area contributed by atoms with Crippen molar-refractivity contribution < 1.29 is 4.79 Å². The van der Waals surface area contributed by atoms with Gasteiger partial charge in [-0.1, -0.05) is 42.5 Å². The average molecular weight is 338 g/mol. The number of H-pyrrole nitrogens is 1. The van der Waals surface area contributed by atoms with Crippen molar-refractivity contribution in [2.24, 2.45) is 7.05 Å². The van der Waals surface area contributed by atoms with Gasteiger partial charge in [-0.25, -0.2) is 0 Å². The number of nitrogens with one attached hydrogen (secondary N) is 2. The summed E-state index contributed by atoms with van der Waals surface area (Å²) in [5, 5.41) is 9.76. The molecular formula is C18H18N4OS. The van der Waals surface area contributed by atoms with E-state index in [4.69, 9.17) is 12.2 Å². The lowest BCUT2D eigenvalue weighted by Gasteiger charge is -2.06. The molecule has 2 N–H and O–H groups in total. The molecule has 0 saturated carbocycles. The molecule has 1 aromatic heterocycles. The maximum Gasteiger partial charge on any atom is 0.251 e. The largest absolute Gasteiger partial charge is 0.352 e. The predicted octanol–water partition coefficient (Wildman–Crippen LogP) is 3.12. The number of rotatable bonds is 5. The van der Waals surface area contributed by atoms with Gasteiger partial charge in [0.05, 0.1) is 0 Å². The summed E-state index contributed by atoms with van der Waals surface area (Å²) < 4.78 is 2.38. The van der Waals surface area contributed by atoms with Crippen LogP contribution in [0.25, 0.3) is 11.1 Å². The third-order valence-corrected chi connectivity index (χ3v) is 4.23. The highest BCUT2D eigenvalue weighted by molar-refractivity contribution is 7.71.